The van der Waals surface area contributed by atoms with Crippen molar-refractivity contribution in [1.82, 2.24) is 0 Å². The number of hydrogen-bond donors (Lipinski definition) is 0. The standard InChI is InChI=1S/C34H29F5/c1-2-3-4-5-22-6-8-23(9-7-22)24-10-11-26-19-27(13-12-25(26)18-24)28-14-15-30-29(20-28)21-32(35)31(33(30)36)16-17-34(37,38)39/h6-9,12-15,19-21,24H,2-5,10-11,18H2,1H3. The molecule has 5 rings (SSSR count). The molecule has 0 aliphatic heterocycles. The molecular weight excluding hydrogens is 503 g/mol. The maximum atomic E-state index is 14.8. The molecule has 1 aliphatic carbocycles. The van der Waals surface area contributed by atoms with Crippen LogP contribution in [0.5, 0.6) is 0 Å². The Morgan fingerprint density at radius 2 is 1.59 bits per heavy atom. The highest BCUT2D eigenvalue weighted by Gasteiger charge is 2.24. The van der Waals surface area contributed by atoms with Crippen molar-refractivity contribution in [2.75, 3.05) is 0 Å². The molecule has 0 N–H and O–H groups in total. The first-order valence-electron chi connectivity index (χ1n) is 13.4. The van der Waals surface area contributed by atoms with Gasteiger partial charge >= 0.3 is 6.18 Å². The Morgan fingerprint density at radius 1 is 0.846 bits per heavy atom. The summed E-state index contributed by atoms with van der Waals surface area (Å²) >= 11 is 0. The zero-order valence-corrected chi connectivity index (χ0v) is 21.8. The number of rotatable bonds is 6. The van der Waals surface area contributed by atoms with Gasteiger partial charge in [0.1, 0.15) is 11.6 Å². The Hall–Kier alpha value is -3.65. The van der Waals surface area contributed by atoms with Crippen LogP contribution in [0.15, 0.2) is 66.7 Å². The number of halogens is 5. The van der Waals surface area contributed by atoms with Crippen LogP contribution in [-0.2, 0) is 19.3 Å². The first kappa shape index (κ1) is 26.9. The fourth-order valence-electron chi connectivity index (χ4n) is 5.51. The topological polar surface area (TPSA) is 0 Å². The lowest BCUT2D eigenvalue weighted by Gasteiger charge is -2.26. The highest BCUT2D eigenvalue weighted by molar-refractivity contribution is 5.89. The largest absolute Gasteiger partial charge is 0.458 e. The maximum absolute atomic E-state index is 14.8. The van der Waals surface area contributed by atoms with E-state index in [0.717, 1.165) is 48.8 Å². The van der Waals surface area contributed by atoms with E-state index in [9.17, 15) is 22.0 Å². The summed E-state index contributed by atoms with van der Waals surface area (Å²) in [5, 5.41) is 0.305. The van der Waals surface area contributed by atoms with Crippen molar-refractivity contribution in [3.8, 4) is 23.0 Å². The second kappa shape index (κ2) is 11.2. The minimum absolute atomic E-state index is 0.0313. The quantitative estimate of drug-likeness (QED) is 0.132. The van der Waals surface area contributed by atoms with Crippen LogP contribution in [0.4, 0.5) is 22.0 Å². The number of unbranched alkanes of at least 4 members (excludes halogenated alkanes) is 2. The van der Waals surface area contributed by atoms with Gasteiger partial charge in [0.05, 0.1) is 5.56 Å². The number of hydrogen-bond acceptors (Lipinski definition) is 0. The summed E-state index contributed by atoms with van der Waals surface area (Å²) < 4.78 is 66.6. The number of aryl methyl sites for hydroxylation is 2. The lowest BCUT2D eigenvalue weighted by molar-refractivity contribution is -0.0696. The second-order valence-electron chi connectivity index (χ2n) is 10.4. The summed E-state index contributed by atoms with van der Waals surface area (Å²) in [5.41, 5.74) is 6.21. The smallest absolute Gasteiger partial charge is 0.205 e. The van der Waals surface area contributed by atoms with E-state index < -0.39 is 23.4 Å². The molecule has 39 heavy (non-hydrogen) atoms. The van der Waals surface area contributed by atoms with Gasteiger partial charge in [-0.15, -0.1) is 0 Å². The van der Waals surface area contributed by atoms with Gasteiger partial charge < -0.3 is 0 Å². The van der Waals surface area contributed by atoms with E-state index in [1.165, 1.54) is 47.6 Å². The van der Waals surface area contributed by atoms with Crippen LogP contribution in [0, 0.1) is 23.5 Å². The van der Waals surface area contributed by atoms with Crippen LogP contribution in [0.25, 0.3) is 21.9 Å². The van der Waals surface area contributed by atoms with Crippen molar-refractivity contribution in [1.29, 1.82) is 0 Å². The van der Waals surface area contributed by atoms with Gasteiger partial charge in [-0.3, -0.25) is 0 Å². The highest BCUT2D eigenvalue weighted by Crippen LogP contribution is 2.36. The fraction of sp³-hybridized carbons (Fsp3) is 0.294. The van der Waals surface area contributed by atoms with Crippen LogP contribution in [0.2, 0.25) is 0 Å². The Morgan fingerprint density at radius 3 is 2.33 bits per heavy atom. The van der Waals surface area contributed by atoms with Gasteiger partial charge in [0.2, 0.25) is 0 Å². The van der Waals surface area contributed by atoms with E-state index in [4.69, 9.17) is 0 Å². The van der Waals surface area contributed by atoms with E-state index in [1.54, 1.807) is 18.1 Å². The summed E-state index contributed by atoms with van der Waals surface area (Å²) in [5.74, 6) is 0.827. The van der Waals surface area contributed by atoms with E-state index in [0.29, 0.717) is 5.92 Å². The minimum atomic E-state index is -4.83. The highest BCUT2D eigenvalue weighted by atomic mass is 19.4. The SMILES string of the molecule is CCCCCc1ccc(C2CCc3cc(-c4ccc5c(F)c(C#CC(F)(F)F)c(F)cc5c4)ccc3C2)cc1. The van der Waals surface area contributed by atoms with Crippen LogP contribution in [0.1, 0.15) is 66.3 Å². The third kappa shape index (κ3) is 6.17. The van der Waals surface area contributed by atoms with Crippen molar-refractivity contribution >= 4 is 10.8 Å². The van der Waals surface area contributed by atoms with Gasteiger partial charge in [0.15, 0.2) is 0 Å². The maximum Gasteiger partial charge on any atom is 0.458 e. The molecule has 0 saturated carbocycles. The lowest BCUT2D eigenvalue weighted by atomic mass is 9.79. The second-order valence-corrected chi connectivity index (χ2v) is 10.4. The molecule has 0 bridgehead atoms. The van der Waals surface area contributed by atoms with Gasteiger partial charge in [-0.25, -0.2) is 8.78 Å². The van der Waals surface area contributed by atoms with E-state index in [-0.39, 0.29) is 10.8 Å². The minimum Gasteiger partial charge on any atom is -0.205 e. The molecule has 0 radical (unpaired) electrons. The van der Waals surface area contributed by atoms with Crippen LogP contribution in [-0.4, -0.2) is 6.18 Å². The number of benzene rings is 4. The molecule has 0 fully saturated rings. The molecule has 0 amide bonds. The van der Waals surface area contributed by atoms with Gasteiger partial charge in [-0.2, -0.15) is 13.2 Å². The Kier molecular flexibility index (Phi) is 7.75. The van der Waals surface area contributed by atoms with Crippen molar-refractivity contribution in [2.24, 2.45) is 0 Å². The molecule has 1 unspecified atom stereocenters. The molecule has 0 heterocycles. The molecule has 4 aromatic rings. The Balaban J connectivity index is 1.35. The first-order chi connectivity index (χ1) is 18.7. The molecule has 0 spiro atoms. The predicted molar refractivity (Wildman–Crippen MR) is 147 cm³/mol. The van der Waals surface area contributed by atoms with E-state index in [2.05, 4.69) is 43.3 Å². The third-order valence-electron chi connectivity index (χ3n) is 7.65. The monoisotopic (exact) mass is 532 g/mol. The van der Waals surface area contributed by atoms with Crippen LogP contribution < -0.4 is 0 Å². The fourth-order valence-corrected chi connectivity index (χ4v) is 5.51. The summed E-state index contributed by atoms with van der Waals surface area (Å²) in [7, 11) is 0. The summed E-state index contributed by atoms with van der Waals surface area (Å²) in [6.45, 7) is 2.22. The van der Waals surface area contributed by atoms with E-state index >= 15 is 0 Å². The molecule has 0 nitrogen and oxygen atoms in total. The molecule has 1 aliphatic rings. The van der Waals surface area contributed by atoms with Gasteiger partial charge in [-0.05, 0) is 88.9 Å². The molecule has 4 aromatic carbocycles. The zero-order valence-electron chi connectivity index (χ0n) is 21.8. The summed E-state index contributed by atoms with van der Waals surface area (Å²) in [4.78, 5) is 0. The normalized spacial score (nSPS) is 15.1. The van der Waals surface area contributed by atoms with Crippen LogP contribution in [0.3, 0.4) is 0 Å². The number of alkyl halides is 3. The molecule has 200 valence electrons. The van der Waals surface area contributed by atoms with Crippen molar-refractivity contribution in [3.63, 3.8) is 0 Å². The van der Waals surface area contributed by atoms with Crippen molar-refractivity contribution in [2.45, 2.75) is 64.0 Å². The molecule has 0 aromatic heterocycles. The van der Waals surface area contributed by atoms with Gasteiger partial charge in [0.25, 0.3) is 0 Å². The van der Waals surface area contributed by atoms with Crippen molar-refractivity contribution < 1.29 is 22.0 Å². The van der Waals surface area contributed by atoms with Crippen LogP contribution >= 0.6 is 0 Å². The first-order valence-corrected chi connectivity index (χ1v) is 13.4. The van der Waals surface area contributed by atoms with Gasteiger partial charge in [0, 0.05) is 11.3 Å². The molecule has 5 heteroatoms. The molecule has 0 saturated heterocycles. The van der Waals surface area contributed by atoms with Gasteiger partial charge in [-0.1, -0.05) is 80.3 Å². The third-order valence-corrected chi connectivity index (χ3v) is 7.65. The summed E-state index contributed by atoms with van der Waals surface area (Å²) in [6, 6.07) is 21.3. The zero-order chi connectivity index (χ0) is 27.6. The molecule has 1 atom stereocenters. The predicted octanol–water partition coefficient (Wildman–Crippen LogP) is 9.70. The average molecular weight is 533 g/mol. The Bertz CT molecular complexity index is 1550. The molecular formula is C34H29F5. The summed E-state index contributed by atoms with van der Waals surface area (Å²) in [6.07, 6.45) is 3.00. The van der Waals surface area contributed by atoms with Crippen molar-refractivity contribution in [3.05, 3.63) is 106 Å². The Labute approximate surface area is 225 Å². The number of fused-ring (bicyclic) bond motifs is 2. The average Bonchev–Trinajstić information content (AvgIpc) is 2.92. The van der Waals surface area contributed by atoms with E-state index in [1.807, 2.05) is 6.07 Å². The lowest BCUT2D eigenvalue weighted by Crippen LogP contribution is -2.13.